The largest absolute Gasteiger partial charge is 0.511 e. The number of carboxylic acid groups (broad SMARTS) is 3. The van der Waals surface area contributed by atoms with Gasteiger partial charge in [0.15, 0.2) is 0 Å². The summed E-state index contributed by atoms with van der Waals surface area (Å²) in [6.07, 6.45) is -3.15. The van der Waals surface area contributed by atoms with Gasteiger partial charge < -0.3 is 20.1 Å². The molecule has 4 aromatic carbocycles. The summed E-state index contributed by atoms with van der Waals surface area (Å²) < 4.78 is 4.89. The molecule has 0 radical (unpaired) electrons. The highest BCUT2D eigenvalue weighted by Gasteiger charge is 2.10. The zero-order valence-corrected chi connectivity index (χ0v) is 15.7. The van der Waals surface area contributed by atoms with Gasteiger partial charge in [-0.1, -0.05) is 84.9 Å². The molecule has 0 aliphatic rings. The van der Waals surface area contributed by atoms with Gasteiger partial charge in [-0.3, -0.25) is 0 Å². The van der Waals surface area contributed by atoms with Crippen molar-refractivity contribution in [3.8, 4) is 28.0 Å². The predicted octanol–water partition coefficient (Wildman–Crippen LogP) is 6.45. The van der Waals surface area contributed by atoms with Crippen molar-refractivity contribution in [2.24, 2.45) is 0 Å². The van der Waals surface area contributed by atoms with Crippen molar-refractivity contribution < 1.29 is 29.6 Å². The highest BCUT2D eigenvalue weighted by atomic mass is 16.7. The van der Waals surface area contributed by atoms with Crippen molar-refractivity contribution in [3.63, 3.8) is 0 Å². The van der Waals surface area contributed by atoms with E-state index in [0.29, 0.717) is 5.75 Å². The van der Waals surface area contributed by atoms with Crippen LogP contribution >= 0.6 is 0 Å². The Morgan fingerprint density at radius 2 is 1.10 bits per heavy atom. The van der Waals surface area contributed by atoms with E-state index < -0.39 is 12.3 Å². The first-order chi connectivity index (χ1) is 14.5. The number of rotatable bonds is 3. The van der Waals surface area contributed by atoms with Gasteiger partial charge in [-0.15, -0.1) is 0 Å². The number of carbonyl (C=O) groups is 2. The molecule has 0 fully saturated rings. The molecule has 0 amide bonds. The molecule has 0 aromatic heterocycles. The molecule has 6 nitrogen and oxygen atoms in total. The van der Waals surface area contributed by atoms with E-state index in [1.165, 1.54) is 16.3 Å². The first-order valence-corrected chi connectivity index (χ1v) is 8.96. The molecule has 150 valence electrons. The van der Waals surface area contributed by atoms with E-state index in [2.05, 4.69) is 42.5 Å². The molecular weight excluding hydrogens is 384 g/mol. The molecule has 30 heavy (non-hydrogen) atoms. The van der Waals surface area contributed by atoms with Gasteiger partial charge in [0.1, 0.15) is 5.75 Å². The third-order valence-corrected chi connectivity index (χ3v) is 4.38. The summed E-state index contributed by atoms with van der Waals surface area (Å²) in [7, 11) is 0. The minimum atomic E-state index is -1.83. The summed E-state index contributed by atoms with van der Waals surface area (Å²) in [6, 6.07) is 29.8. The summed E-state index contributed by atoms with van der Waals surface area (Å²) in [6.45, 7) is 0. The lowest BCUT2D eigenvalue weighted by atomic mass is 9.96. The van der Waals surface area contributed by atoms with Crippen LogP contribution in [0.1, 0.15) is 0 Å². The number of fused-ring (bicyclic) bond motifs is 1. The smallest absolute Gasteiger partial charge is 0.450 e. The lowest BCUT2D eigenvalue weighted by molar-refractivity contribution is 0.136. The Morgan fingerprint density at radius 1 is 0.600 bits per heavy atom. The van der Waals surface area contributed by atoms with Crippen LogP contribution in [0.5, 0.6) is 5.75 Å². The molecule has 0 aliphatic heterocycles. The zero-order chi connectivity index (χ0) is 21.5. The molecule has 0 saturated carbocycles. The van der Waals surface area contributed by atoms with Crippen LogP contribution in [0, 0.1) is 0 Å². The minimum Gasteiger partial charge on any atom is -0.450 e. The fourth-order valence-electron chi connectivity index (χ4n) is 3.19. The van der Waals surface area contributed by atoms with Crippen LogP contribution in [0.25, 0.3) is 33.0 Å². The standard InChI is InChI=1S/C23H16O3.CH2O3/c24-23(25)26-22-11-4-3-9-21(22)18-14-12-17(13-15-18)20-10-5-7-16-6-1-2-8-19(16)20;2-1(3)4/h1-15H,(H,24,25);(H2,2,3,4). The Labute approximate surface area is 172 Å². The Kier molecular flexibility index (Phi) is 6.29. The van der Waals surface area contributed by atoms with E-state index in [4.69, 9.17) is 24.9 Å². The molecule has 0 unspecified atom stereocenters. The van der Waals surface area contributed by atoms with Crippen molar-refractivity contribution >= 4 is 23.1 Å². The maximum Gasteiger partial charge on any atom is 0.511 e. The molecule has 4 aromatic rings. The molecular formula is C24H18O6. The van der Waals surface area contributed by atoms with Crippen LogP contribution in [0.3, 0.4) is 0 Å². The lowest BCUT2D eigenvalue weighted by Crippen LogP contribution is -2.03. The van der Waals surface area contributed by atoms with E-state index in [1.807, 2.05) is 36.4 Å². The maximum absolute atomic E-state index is 10.9. The van der Waals surface area contributed by atoms with Gasteiger partial charge in [0, 0.05) is 5.56 Å². The average molecular weight is 402 g/mol. The number of ether oxygens (including phenoxy) is 1. The van der Waals surface area contributed by atoms with Crippen molar-refractivity contribution in [1.82, 2.24) is 0 Å². The first-order valence-electron chi connectivity index (χ1n) is 8.96. The van der Waals surface area contributed by atoms with E-state index in [9.17, 15) is 4.79 Å². The molecule has 0 spiro atoms. The fraction of sp³-hybridized carbons (Fsp3) is 0. The Hall–Kier alpha value is -4.32. The summed E-state index contributed by atoms with van der Waals surface area (Å²) in [5.74, 6) is 0.331. The van der Waals surface area contributed by atoms with Crippen LogP contribution in [-0.2, 0) is 0 Å². The van der Waals surface area contributed by atoms with Gasteiger partial charge >= 0.3 is 12.3 Å². The third-order valence-electron chi connectivity index (χ3n) is 4.38. The fourth-order valence-corrected chi connectivity index (χ4v) is 3.19. The van der Waals surface area contributed by atoms with Crippen molar-refractivity contribution in [2.45, 2.75) is 0 Å². The first kappa shape index (κ1) is 20.4. The molecule has 4 rings (SSSR count). The summed E-state index contributed by atoms with van der Waals surface area (Å²) in [5.41, 5.74) is 3.94. The van der Waals surface area contributed by atoms with Crippen LogP contribution in [-0.4, -0.2) is 27.6 Å². The summed E-state index contributed by atoms with van der Waals surface area (Å²) in [4.78, 5) is 19.4. The quantitative estimate of drug-likeness (QED) is 0.269. The van der Waals surface area contributed by atoms with Crippen LogP contribution < -0.4 is 4.74 Å². The molecule has 3 N–H and O–H groups in total. The van der Waals surface area contributed by atoms with E-state index in [-0.39, 0.29) is 0 Å². The van der Waals surface area contributed by atoms with Crippen molar-refractivity contribution in [3.05, 3.63) is 91.0 Å². The van der Waals surface area contributed by atoms with Crippen LogP contribution in [0.15, 0.2) is 91.0 Å². The second kappa shape index (κ2) is 9.25. The van der Waals surface area contributed by atoms with E-state index >= 15 is 0 Å². The minimum absolute atomic E-state index is 0.331. The number of hydrogen-bond donors (Lipinski definition) is 3. The second-order valence-electron chi connectivity index (χ2n) is 6.25. The van der Waals surface area contributed by atoms with Gasteiger partial charge in [0.25, 0.3) is 0 Å². The molecule has 0 aliphatic carbocycles. The maximum atomic E-state index is 10.9. The zero-order valence-electron chi connectivity index (χ0n) is 15.7. The normalized spacial score (nSPS) is 10.0. The van der Waals surface area contributed by atoms with Crippen LogP contribution in [0.2, 0.25) is 0 Å². The molecule has 0 heterocycles. The predicted molar refractivity (Wildman–Crippen MR) is 114 cm³/mol. The van der Waals surface area contributed by atoms with Gasteiger partial charge in [0.05, 0.1) is 0 Å². The van der Waals surface area contributed by atoms with Crippen molar-refractivity contribution in [1.29, 1.82) is 0 Å². The second-order valence-corrected chi connectivity index (χ2v) is 6.25. The molecule has 0 atom stereocenters. The Bertz CT molecular complexity index is 1170. The van der Waals surface area contributed by atoms with Gasteiger partial charge in [-0.2, -0.15) is 0 Å². The molecule has 6 heteroatoms. The van der Waals surface area contributed by atoms with Crippen LogP contribution in [0.4, 0.5) is 9.59 Å². The number of para-hydroxylation sites is 1. The summed E-state index contributed by atoms with van der Waals surface area (Å²) >= 11 is 0. The third kappa shape index (κ3) is 4.94. The van der Waals surface area contributed by atoms with Gasteiger partial charge in [-0.05, 0) is 33.5 Å². The van der Waals surface area contributed by atoms with E-state index in [0.717, 1.165) is 16.7 Å². The van der Waals surface area contributed by atoms with Gasteiger partial charge in [-0.25, -0.2) is 9.59 Å². The number of hydrogen-bond acceptors (Lipinski definition) is 3. The van der Waals surface area contributed by atoms with Crippen molar-refractivity contribution in [2.75, 3.05) is 0 Å². The Balaban J connectivity index is 0.000000589. The van der Waals surface area contributed by atoms with E-state index in [1.54, 1.807) is 12.1 Å². The summed E-state index contributed by atoms with van der Waals surface area (Å²) in [5, 5.41) is 25.3. The molecule has 0 saturated heterocycles. The lowest BCUT2D eigenvalue weighted by Gasteiger charge is -2.10. The van der Waals surface area contributed by atoms with Gasteiger partial charge in [0.2, 0.25) is 0 Å². The topological polar surface area (TPSA) is 104 Å². The Morgan fingerprint density at radius 3 is 1.77 bits per heavy atom. The monoisotopic (exact) mass is 402 g/mol. The molecule has 0 bridgehead atoms. The average Bonchev–Trinajstić information content (AvgIpc) is 2.73. The number of benzene rings is 4. The highest BCUT2D eigenvalue weighted by molar-refractivity contribution is 5.96. The SMILES string of the molecule is O=C(O)O.O=C(O)Oc1ccccc1-c1ccc(-c2cccc3ccccc23)cc1. The highest BCUT2D eigenvalue weighted by Crippen LogP contribution is 2.33.